The number of primary amides is 1. The van der Waals surface area contributed by atoms with Crippen molar-refractivity contribution in [2.24, 2.45) is 22.1 Å². The topological polar surface area (TPSA) is 67.5 Å². The lowest BCUT2D eigenvalue weighted by Gasteiger charge is -2.25. The number of hydrogen-bond acceptors (Lipinski definition) is 3. The second kappa shape index (κ2) is 6.77. The third-order valence-corrected chi connectivity index (χ3v) is 3.82. The Morgan fingerprint density at radius 3 is 2.64 bits per heavy atom. The van der Waals surface area contributed by atoms with Crippen LogP contribution in [0.25, 0.3) is 0 Å². The van der Waals surface area contributed by atoms with Gasteiger partial charge in [-0.15, -0.1) is 0 Å². The van der Waals surface area contributed by atoms with Crippen molar-refractivity contribution in [3.8, 4) is 0 Å². The number of benzene rings is 1. The van der Waals surface area contributed by atoms with Crippen LogP contribution in [-0.4, -0.2) is 18.2 Å². The quantitative estimate of drug-likeness (QED) is 0.896. The van der Waals surface area contributed by atoms with Crippen molar-refractivity contribution >= 4 is 17.3 Å². The highest BCUT2D eigenvalue weighted by Crippen LogP contribution is 2.35. The molecule has 2 rings (SSSR count). The van der Waals surface area contributed by atoms with Gasteiger partial charge in [-0.25, -0.2) is 0 Å². The maximum Gasteiger partial charge on any atom is 0.236 e. The SMILES string of the molecule is CC1C=C(NCC(N)=O)CC(C)(C)CC1=Nc1ccccc1. The van der Waals surface area contributed by atoms with Crippen LogP contribution in [0.3, 0.4) is 0 Å². The highest BCUT2D eigenvalue weighted by molar-refractivity contribution is 5.91. The molecule has 22 heavy (non-hydrogen) atoms. The molecule has 118 valence electrons. The first-order valence-electron chi connectivity index (χ1n) is 7.71. The Hall–Kier alpha value is -2.10. The molecule has 1 aliphatic carbocycles. The van der Waals surface area contributed by atoms with Gasteiger partial charge in [-0.3, -0.25) is 9.79 Å². The highest BCUT2D eigenvalue weighted by atomic mass is 16.1. The molecule has 0 saturated carbocycles. The number of hydrogen-bond donors (Lipinski definition) is 2. The number of nitrogens with two attached hydrogens (primary N) is 1. The molecule has 0 aliphatic heterocycles. The van der Waals surface area contributed by atoms with Crippen LogP contribution >= 0.6 is 0 Å². The molecular weight excluding hydrogens is 274 g/mol. The number of carbonyl (C=O) groups excluding carboxylic acids is 1. The summed E-state index contributed by atoms with van der Waals surface area (Å²) >= 11 is 0. The molecule has 1 amide bonds. The average Bonchev–Trinajstić information content (AvgIpc) is 2.54. The predicted octanol–water partition coefficient (Wildman–Crippen LogP) is 3.17. The molecule has 0 aromatic heterocycles. The minimum absolute atomic E-state index is 0.0921. The van der Waals surface area contributed by atoms with Gasteiger partial charge in [0.05, 0.1) is 12.2 Å². The van der Waals surface area contributed by atoms with Crippen LogP contribution in [0.5, 0.6) is 0 Å². The molecule has 1 aromatic carbocycles. The van der Waals surface area contributed by atoms with Gasteiger partial charge in [0.15, 0.2) is 0 Å². The van der Waals surface area contributed by atoms with E-state index in [2.05, 4.69) is 32.2 Å². The van der Waals surface area contributed by atoms with Gasteiger partial charge in [-0.05, 0) is 30.4 Å². The summed E-state index contributed by atoms with van der Waals surface area (Å²) in [5.74, 6) is -0.105. The van der Waals surface area contributed by atoms with Gasteiger partial charge < -0.3 is 11.1 Å². The van der Waals surface area contributed by atoms with Crippen molar-refractivity contribution < 1.29 is 4.79 Å². The van der Waals surface area contributed by atoms with E-state index in [-0.39, 0.29) is 23.8 Å². The first kappa shape index (κ1) is 16.3. The number of carbonyl (C=O) groups is 1. The Bertz CT molecular complexity index is 588. The zero-order valence-electron chi connectivity index (χ0n) is 13.6. The second-order valence-electron chi connectivity index (χ2n) is 6.76. The average molecular weight is 299 g/mol. The summed E-state index contributed by atoms with van der Waals surface area (Å²) in [4.78, 5) is 15.8. The highest BCUT2D eigenvalue weighted by Gasteiger charge is 2.28. The lowest BCUT2D eigenvalue weighted by Crippen LogP contribution is -2.29. The first-order chi connectivity index (χ1) is 10.4. The Balaban J connectivity index is 2.25. The van der Waals surface area contributed by atoms with E-state index < -0.39 is 0 Å². The van der Waals surface area contributed by atoms with Crippen LogP contribution in [0.2, 0.25) is 0 Å². The van der Waals surface area contributed by atoms with Crippen molar-refractivity contribution in [1.29, 1.82) is 0 Å². The van der Waals surface area contributed by atoms with Gasteiger partial charge >= 0.3 is 0 Å². The summed E-state index contributed by atoms with van der Waals surface area (Å²) in [6, 6.07) is 10.0. The van der Waals surface area contributed by atoms with Gasteiger partial charge in [-0.2, -0.15) is 0 Å². The van der Waals surface area contributed by atoms with Crippen LogP contribution < -0.4 is 11.1 Å². The number of allylic oxidation sites excluding steroid dienone is 2. The number of amides is 1. The monoisotopic (exact) mass is 299 g/mol. The number of nitrogens with one attached hydrogen (secondary N) is 1. The molecule has 4 nitrogen and oxygen atoms in total. The molecule has 0 fully saturated rings. The van der Waals surface area contributed by atoms with Gasteiger partial charge in [0.25, 0.3) is 0 Å². The first-order valence-corrected chi connectivity index (χ1v) is 7.71. The molecule has 1 aliphatic rings. The van der Waals surface area contributed by atoms with Gasteiger partial charge in [0.1, 0.15) is 0 Å². The van der Waals surface area contributed by atoms with E-state index in [0.717, 1.165) is 24.2 Å². The molecule has 0 heterocycles. The third-order valence-electron chi connectivity index (χ3n) is 3.82. The molecule has 0 radical (unpaired) electrons. The normalized spacial score (nSPS) is 22.8. The van der Waals surface area contributed by atoms with Crippen molar-refractivity contribution in [2.75, 3.05) is 6.54 Å². The summed E-state index contributed by atoms with van der Waals surface area (Å²) in [6.07, 6.45) is 3.99. The smallest absolute Gasteiger partial charge is 0.236 e. The van der Waals surface area contributed by atoms with Crippen molar-refractivity contribution in [3.63, 3.8) is 0 Å². The van der Waals surface area contributed by atoms with Crippen LogP contribution in [0.4, 0.5) is 5.69 Å². The molecule has 1 aromatic rings. The maximum atomic E-state index is 11.0. The molecule has 0 saturated heterocycles. The van der Waals surface area contributed by atoms with E-state index in [1.807, 2.05) is 30.3 Å². The molecule has 1 unspecified atom stereocenters. The van der Waals surface area contributed by atoms with Crippen LogP contribution in [0, 0.1) is 11.3 Å². The zero-order chi connectivity index (χ0) is 16.2. The summed E-state index contributed by atoms with van der Waals surface area (Å²) in [5, 5.41) is 3.16. The van der Waals surface area contributed by atoms with Crippen LogP contribution in [0.1, 0.15) is 33.6 Å². The van der Waals surface area contributed by atoms with Crippen LogP contribution in [0.15, 0.2) is 47.1 Å². The molecule has 0 spiro atoms. The fourth-order valence-electron chi connectivity index (χ4n) is 2.82. The third kappa shape index (κ3) is 4.72. The Morgan fingerprint density at radius 2 is 2.00 bits per heavy atom. The van der Waals surface area contributed by atoms with E-state index in [0.29, 0.717) is 0 Å². The largest absolute Gasteiger partial charge is 0.380 e. The predicted molar refractivity (Wildman–Crippen MR) is 91.0 cm³/mol. The Morgan fingerprint density at radius 1 is 1.32 bits per heavy atom. The Labute approximate surface area is 132 Å². The van der Waals surface area contributed by atoms with Gasteiger partial charge in [0.2, 0.25) is 5.91 Å². The fourth-order valence-corrected chi connectivity index (χ4v) is 2.82. The van der Waals surface area contributed by atoms with E-state index >= 15 is 0 Å². The standard InChI is InChI=1S/C18H25N3O/c1-13-9-15(20-12-17(19)22)10-18(2,3)11-16(13)21-14-7-5-4-6-8-14/h4-9,13,20H,10-12H2,1-3H3,(H2,19,22). The second-order valence-corrected chi connectivity index (χ2v) is 6.76. The zero-order valence-corrected chi connectivity index (χ0v) is 13.6. The lowest BCUT2D eigenvalue weighted by molar-refractivity contribution is -0.117. The minimum atomic E-state index is -0.339. The number of aliphatic imine (C=N–C) groups is 1. The van der Waals surface area contributed by atoms with Crippen molar-refractivity contribution in [3.05, 3.63) is 42.1 Å². The van der Waals surface area contributed by atoms with E-state index in [1.54, 1.807) is 0 Å². The fraction of sp³-hybridized carbons (Fsp3) is 0.444. The summed E-state index contributed by atoms with van der Waals surface area (Å²) in [7, 11) is 0. The Kier molecular flexibility index (Phi) is 5.01. The van der Waals surface area contributed by atoms with Gasteiger partial charge in [0, 0.05) is 17.3 Å². The number of para-hydroxylation sites is 1. The molecule has 4 heteroatoms. The van der Waals surface area contributed by atoms with E-state index in [9.17, 15) is 4.79 Å². The number of rotatable bonds is 4. The number of nitrogens with zero attached hydrogens (tertiary/aromatic N) is 1. The minimum Gasteiger partial charge on any atom is -0.380 e. The van der Waals surface area contributed by atoms with E-state index in [4.69, 9.17) is 10.7 Å². The maximum absolute atomic E-state index is 11.0. The summed E-state index contributed by atoms with van der Waals surface area (Å²) < 4.78 is 0. The van der Waals surface area contributed by atoms with Crippen molar-refractivity contribution in [1.82, 2.24) is 5.32 Å². The molecule has 0 bridgehead atoms. The van der Waals surface area contributed by atoms with Crippen molar-refractivity contribution in [2.45, 2.75) is 33.6 Å². The summed E-state index contributed by atoms with van der Waals surface area (Å²) in [6.45, 7) is 6.78. The van der Waals surface area contributed by atoms with E-state index in [1.165, 1.54) is 5.71 Å². The molecular formula is C18H25N3O. The molecule has 1 atom stereocenters. The van der Waals surface area contributed by atoms with Gasteiger partial charge in [-0.1, -0.05) is 45.0 Å². The lowest BCUT2D eigenvalue weighted by atomic mass is 9.83. The molecule has 3 N–H and O–H groups in total. The van der Waals surface area contributed by atoms with Crippen LogP contribution in [-0.2, 0) is 4.79 Å². The summed E-state index contributed by atoms with van der Waals surface area (Å²) in [5.41, 5.74) is 8.56.